The highest BCUT2D eigenvalue weighted by molar-refractivity contribution is 8.13. The van der Waals surface area contributed by atoms with Gasteiger partial charge >= 0.3 is 5.17 Å². The van der Waals surface area contributed by atoms with Crippen molar-refractivity contribution in [1.82, 2.24) is 0 Å². The van der Waals surface area contributed by atoms with E-state index in [1.807, 2.05) is 0 Å². The first-order chi connectivity index (χ1) is 12.1. The highest BCUT2D eigenvalue weighted by Gasteiger charge is 2.53. The summed E-state index contributed by atoms with van der Waals surface area (Å²) in [6.07, 6.45) is 2.04. The van der Waals surface area contributed by atoms with Crippen LogP contribution in [0.5, 0.6) is 0 Å². The Morgan fingerprint density at radius 2 is 1.85 bits per heavy atom. The van der Waals surface area contributed by atoms with Crippen LogP contribution in [0.4, 0.5) is 10.1 Å². The van der Waals surface area contributed by atoms with E-state index in [0.717, 1.165) is 41.6 Å². The molecular formula is C20H22BrFN2OS. The monoisotopic (exact) mass is 436 g/mol. The van der Waals surface area contributed by atoms with Crippen LogP contribution in [0.15, 0.2) is 48.5 Å². The van der Waals surface area contributed by atoms with Gasteiger partial charge in [-0.2, -0.15) is 0 Å². The number of nitrogens with zero attached hydrogens (tertiary/aromatic N) is 2. The second-order valence-electron chi connectivity index (χ2n) is 6.57. The fourth-order valence-corrected chi connectivity index (χ4v) is 4.76. The maximum atomic E-state index is 13.3. The summed E-state index contributed by atoms with van der Waals surface area (Å²) < 4.78 is 15.4. The second kappa shape index (κ2) is 7.71. The molecule has 0 saturated heterocycles. The van der Waals surface area contributed by atoms with E-state index in [-0.39, 0.29) is 22.8 Å². The van der Waals surface area contributed by atoms with Gasteiger partial charge < -0.3 is 22.1 Å². The summed E-state index contributed by atoms with van der Waals surface area (Å²) in [5.74, 6) is 0.768. The van der Waals surface area contributed by atoms with E-state index in [9.17, 15) is 9.50 Å². The number of aryl methyl sites for hydroxylation is 1. The number of halogens is 2. The number of anilines is 1. The van der Waals surface area contributed by atoms with E-state index in [0.29, 0.717) is 6.54 Å². The summed E-state index contributed by atoms with van der Waals surface area (Å²) in [5, 5.41) is 12.6. The summed E-state index contributed by atoms with van der Waals surface area (Å²) >= 11 is 1.78. The lowest BCUT2D eigenvalue weighted by Gasteiger charge is -2.24. The minimum absolute atomic E-state index is 0. The fourth-order valence-electron chi connectivity index (χ4n) is 3.58. The third-order valence-electron chi connectivity index (χ3n) is 5.01. The van der Waals surface area contributed by atoms with Gasteiger partial charge in [0, 0.05) is 11.3 Å². The van der Waals surface area contributed by atoms with Crippen LogP contribution >= 0.6 is 11.8 Å². The van der Waals surface area contributed by atoms with Crippen LogP contribution in [0.25, 0.3) is 0 Å². The Balaban J connectivity index is 0.00000196. The Labute approximate surface area is 168 Å². The lowest BCUT2D eigenvalue weighted by molar-refractivity contribution is -0.656. The Kier molecular flexibility index (Phi) is 5.75. The van der Waals surface area contributed by atoms with Gasteiger partial charge in [0.1, 0.15) is 11.5 Å². The molecular weight excluding hydrogens is 415 g/mol. The third kappa shape index (κ3) is 3.30. The fraction of sp³-hybridized carbons (Fsp3) is 0.350. The summed E-state index contributed by atoms with van der Waals surface area (Å²) in [5.41, 5.74) is 2.00. The van der Waals surface area contributed by atoms with Crippen molar-refractivity contribution in [2.24, 2.45) is 0 Å². The minimum atomic E-state index is -1.13. The smallest absolute Gasteiger partial charge is 0.316 e. The molecule has 6 heteroatoms. The molecule has 3 nitrogen and oxygen atoms in total. The Bertz CT molecular complexity index is 810. The molecule has 0 aromatic heterocycles. The number of aliphatic hydroxyl groups is 1. The van der Waals surface area contributed by atoms with E-state index >= 15 is 0 Å². The Morgan fingerprint density at radius 3 is 2.50 bits per heavy atom. The van der Waals surface area contributed by atoms with Gasteiger partial charge in [0.05, 0.1) is 6.54 Å². The maximum absolute atomic E-state index is 13.3. The van der Waals surface area contributed by atoms with Gasteiger partial charge in [-0.3, -0.25) is 0 Å². The molecule has 0 fully saturated rings. The van der Waals surface area contributed by atoms with E-state index in [1.165, 1.54) is 17.7 Å². The topological polar surface area (TPSA) is 26.5 Å². The highest BCUT2D eigenvalue weighted by Crippen LogP contribution is 2.37. The van der Waals surface area contributed by atoms with Crippen molar-refractivity contribution in [1.29, 1.82) is 0 Å². The predicted octanol–water partition coefficient (Wildman–Crippen LogP) is 0.563. The van der Waals surface area contributed by atoms with Crippen LogP contribution in [0, 0.1) is 5.82 Å². The highest BCUT2D eigenvalue weighted by atomic mass is 79.9. The molecule has 0 bridgehead atoms. The van der Waals surface area contributed by atoms with Gasteiger partial charge in [-0.25, -0.2) is 13.9 Å². The van der Waals surface area contributed by atoms with E-state index in [4.69, 9.17) is 0 Å². The number of benzene rings is 2. The van der Waals surface area contributed by atoms with E-state index in [1.54, 1.807) is 23.9 Å². The van der Waals surface area contributed by atoms with Crippen molar-refractivity contribution in [2.75, 3.05) is 23.7 Å². The Hall–Kier alpha value is -1.37. The van der Waals surface area contributed by atoms with Gasteiger partial charge in [-0.05, 0) is 66.6 Å². The summed E-state index contributed by atoms with van der Waals surface area (Å²) in [6, 6.07) is 14.7. The number of β-amino-alcohol motifs (C(OH)–C–C–N with tert-alkyl or cyclic N) is 1. The SMILES string of the molecule is CCc1ccc(N2CC(O)(c3ccc(F)cc3)[N+]3=C2SCCC3)cc1.[Br-]. The van der Waals surface area contributed by atoms with Crippen LogP contribution in [0.3, 0.4) is 0 Å². The Morgan fingerprint density at radius 1 is 1.15 bits per heavy atom. The van der Waals surface area contributed by atoms with Crippen molar-refractivity contribution in [3.05, 3.63) is 65.5 Å². The normalized spacial score (nSPS) is 22.2. The minimum Gasteiger partial charge on any atom is -1.00 e. The lowest BCUT2D eigenvalue weighted by atomic mass is 10.0. The first-order valence-corrected chi connectivity index (χ1v) is 9.72. The molecule has 2 aliphatic rings. The summed E-state index contributed by atoms with van der Waals surface area (Å²) in [7, 11) is 0. The molecule has 4 rings (SSSR count). The second-order valence-corrected chi connectivity index (χ2v) is 7.63. The van der Waals surface area contributed by atoms with Gasteiger partial charge in [-0.15, -0.1) is 0 Å². The predicted molar refractivity (Wildman–Crippen MR) is 101 cm³/mol. The van der Waals surface area contributed by atoms with Crippen LogP contribution < -0.4 is 21.9 Å². The van der Waals surface area contributed by atoms with Crippen LogP contribution in [0.1, 0.15) is 24.5 Å². The summed E-state index contributed by atoms with van der Waals surface area (Å²) in [6.45, 7) is 3.40. The van der Waals surface area contributed by atoms with E-state index < -0.39 is 5.72 Å². The molecule has 2 heterocycles. The number of amidine groups is 1. The van der Waals surface area contributed by atoms with E-state index in [2.05, 4.69) is 40.7 Å². The molecule has 1 atom stereocenters. The number of thioether (sulfide) groups is 1. The number of rotatable bonds is 3. The zero-order chi connectivity index (χ0) is 17.4. The molecule has 0 spiro atoms. The molecule has 0 saturated carbocycles. The van der Waals surface area contributed by atoms with Crippen LogP contribution in [-0.2, 0) is 12.1 Å². The van der Waals surface area contributed by atoms with Crippen LogP contribution in [-0.4, -0.2) is 33.7 Å². The molecule has 1 N–H and O–H groups in total. The molecule has 0 aliphatic carbocycles. The van der Waals surface area contributed by atoms with Gasteiger partial charge in [-0.1, -0.05) is 19.1 Å². The van der Waals surface area contributed by atoms with Gasteiger partial charge in [0.15, 0.2) is 6.54 Å². The maximum Gasteiger partial charge on any atom is 0.316 e. The third-order valence-corrected chi connectivity index (χ3v) is 6.20. The first kappa shape index (κ1) is 19.4. The standard InChI is InChI=1S/C20H22FN2OS.BrH/c1-2-15-4-10-18(11-5-15)22-14-20(24,16-6-8-17(21)9-7-16)23-12-3-13-25-19(22)23;/h4-11,24H,2-3,12-14H2,1H3;1H/q+1;/p-1. The largest absolute Gasteiger partial charge is 1.00 e. The molecule has 0 radical (unpaired) electrons. The van der Waals surface area contributed by atoms with Gasteiger partial charge in [0.25, 0.3) is 5.72 Å². The molecule has 2 aromatic rings. The summed E-state index contributed by atoms with van der Waals surface area (Å²) in [4.78, 5) is 2.19. The van der Waals surface area contributed by atoms with Crippen molar-refractivity contribution < 1.29 is 31.1 Å². The molecule has 26 heavy (non-hydrogen) atoms. The van der Waals surface area contributed by atoms with Crippen LogP contribution in [0.2, 0.25) is 0 Å². The quantitative estimate of drug-likeness (QED) is 0.712. The zero-order valence-electron chi connectivity index (χ0n) is 14.7. The lowest BCUT2D eigenvalue weighted by Crippen LogP contribution is -3.00. The van der Waals surface area contributed by atoms with Crippen molar-refractivity contribution >= 4 is 22.6 Å². The van der Waals surface area contributed by atoms with Crippen molar-refractivity contribution in [3.63, 3.8) is 0 Å². The molecule has 138 valence electrons. The molecule has 1 unspecified atom stereocenters. The molecule has 2 aromatic carbocycles. The van der Waals surface area contributed by atoms with Crippen molar-refractivity contribution in [3.8, 4) is 0 Å². The average molecular weight is 437 g/mol. The average Bonchev–Trinajstić information content (AvgIpc) is 2.97. The zero-order valence-corrected chi connectivity index (χ0v) is 17.1. The number of hydrogen-bond acceptors (Lipinski definition) is 3. The molecule has 0 amide bonds. The first-order valence-electron chi connectivity index (χ1n) is 8.74. The molecule has 2 aliphatic heterocycles. The van der Waals surface area contributed by atoms with Crippen molar-refractivity contribution in [2.45, 2.75) is 25.5 Å². The van der Waals surface area contributed by atoms with Gasteiger partial charge in [0.2, 0.25) is 0 Å². The number of hydrogen-bond donors (Lipinski definition) is 1.